The summed E-state index contributed by atoms with van der Waals surface area (Å²) < 4.78 is 1.03. The first kappa shape index (κ1) is 16.5. The molecule has 3 atom stereocenters. The van der Waals surface area contributed by atoms with E-state index in [9.17, 15) is 9.90 Å². The van der Waals surface area contributed by atoms with E-state index in [4.69, 9.17) is 0 Å². The molecule has 2 rings (SSSR count). The van der Waals surface area contributed by atoms with Gasteiger partial charge < -0.3 is 10.4 Å². The molecule has 0 aromatic heterocycles. The average Bonchev–Trinajstić information content (AvgIpc) is 2.87. The van der Waals surface area contributed by atoms with E-state index in [1.54, 1.807) is 0 Å². The fourth-order valence-corrected chi connectivity index (χ4v) is 2.99. The molecule has 0 spiro atoms. The molecule has 1 aromatic carbocycles. The molecule has 1 amide bonds. The van der Waals surface area contributed by atoms with Crippen LogP contribution in [0.25, 0.3) is 0 Å². The number of hydrogen-bond donors (Lipinski definition) is 2. The number of nitrogens with one attached hydrogen (secondary N) is 1. The summed E-state index contributed by atoms with van der Waals surface area (Å²) in [5.74, 6) is 0.332. The van der Waals surface area contributed by atoms with Gasteiger partial charge in [0.1, 0.15) is 0 Å². The van der Waals surface area contributed by atoms with Crippen LogP contribution in [0.2, 0.25) is 0 Å². The van der Waals surface area contributed by atoms with Gasteiger partial charge in [-0.15, -0.1) is 0 Å². The Hall–Kier alpha value is -0.910. The van der Waals surface area contributed by atoms with Crippen molar-refractivity contribution in [3.8, 4) is 0 Å². The van der Waals surface area contributed by atoms with Crippen molar-refractivity contribution in [2.24, 2.45) is 5.92 Å². The Morgan fingerprint density at radius 3 is 2.67 bits per heavy atom. The number of carbonyl (C=O) groups is 1. The number of carbonyl (C=O) groups excluding carboxylic acids is 1. The van der Waals surface area contributed by atoms with E-state index in [2.05, 4.69) is 26.1 Å². The molecule has 1 heterocycles. The number of likely N-dealkylation sites (tertiary alicyclic amines) is 1. The fraction of sp³-hybridized carbons (Fsp3) is 0.562. The van der Waals surface area contributed by atoms with E-state index in [1.807, 2.05) is 38.1 Å². The normalized spacial score (nSPS) is 22.0. The molecule has 0 radical (unpaired) electrons. The Morgan fingerprint density at radius 1 is 1.43 bits per heavy atom. The molecular formula is C16H23BrN2O2. The first-order valence-electron chi connectivity index (χ1n) is 7.41. The van der Waals surface area contributed by atoms with Crippen molar-refractivity contribution in [1.82, 2.24) is 10.2 Å². The zero-order valence-corrected chi connectivity index (χ0v) is 14.1. The number of nitrogens with zero attached hydrogens (tertiary/aromatic N) is 1. The molecule has 1 aromatic rings. The number of hydrogen-bond acceptors (Lipinski definition) is 3. The highest BCUT2D eigenvalue weighted by molar-refractivity contribution is 9.10. The van der Waals surface area contributed by atoms with E-state index in [0.717, 1.165) is 29.5 Å². The standard InChI is InChI=1S/C16H23BrN2O2/c1-11(13-3-5-15(17)6-4-13)18-16(21)10-19-8-7-14(9-19)12(2)20/h3-6,11-12,14,20H,7-10H2,1-2H3,(H,18,21). The number of aliphatic hydroxyl groups excluding tert-OH is 1. The maximum atomic E-state index is 12.1. The number of aliphatic hydroxyl groups is 1. The second kappa shape index (κ2) is 7.38. The fourth-order valence-electron chi connectivity index (χ4n) is 2.72. The lowest BCUT2D eigenvalue weighted by Gasteiger charge is -2.19. The maximum absolute atomic E-state index is 12.1. The summed E-state index contributed by atoms with van der Waals surface area (Å²) in [6.07, 6.45) is 0.674. The number of amides is 1. The quantitative estimate of drug-likeness (QED) is 0.853. The van der Waals surface area contributed by atoms with Gasteiger partial charge in [-0.05, 0) is 50.4 Å². The summed E-state index contributed by atoms with van der Waals surface area (Å²) in [6.45, 7) is 5.91. The third kappa shape index (κ3) is 4.80. The van der Waals surface area contributed by atoms with Gasteiger partial charge in [0.2, 0.25) is 5.91 Å². The zero-order chi connectivity index (χ0) is 15.4. The molecule has 0 saturated carbocycles. The van der Waals surface area contributed by atoms with E-state index in [-0.39, 0.29) is 18.1 Å². The highest BCUT2D eigenvalue weighted by atomic mass is 79.9. The molecule has 1 aliphatic rings. The Labute approximate surface area is 134 Å². The SMILES string of the molecule is CC(NC(=O)CN1CCC(C(C)O)C1)c1ccc(Br)cc1. The molecule has 5 heteroatoms. The predicted octanol–water partition coefficient (Wildman–Crippen LogP) is 2.33. The first-order valence-corrected chi connectivity index (χ1v) is 8.20. The van der Waals surface area contributed by atoms with Crippen LogP contribution < -0.4 is 5.32 Å². The summed E-state index contributed by atoms with van der Waals surface area (Å²) in [7, 11) is 0. The van der Waals surface area contributed by atoms with Crippen molar-refractivity contribution in [1.29, 1.82) is 0 Å². The summed E-state index contributed by atoms with van der Waals surface area (Å²) in [4.78, 5) is 14.2. The summed E-state index contributed by atoms with van der Waals surface area (Å²) in [5, 5.41) is 12.6. The highest BCUT2D eigenvalue weighted by Gasteiger charge is 2.27. The number of rotatable bonds is 5. The zero-order valence-electron chi connectivity index (χ0n) is 12.6. The largest absolute Gasteiger partial charge is 0.393 e. The van der Waals surface area contributed by atoms with Gasteiger partial charge in [0, 0.05) is 11.0 Å². The monoisotopic (exact) mass is 354 g/mol. The van der Waals surface area contributed by atoms with Crippen molar-refractivity contribution in [3.05, 3.63) is 34.3 Å². The smallest absolute Gasteiger partial charge is 0.234 e. The summed E-state index contributed by atoms with van der Waals surface area (Å²) >= 11 is 3.41. The lowest BCUT2D eigenvalue weighted by molar-refractivity contribution is -0.122. The van der Waals surface area contributed by atoms with Gasteiger partial charge in [-0.2, -0.15) is 0 Å². The van der Waals surface area contributed by atoms with Gasteiger partial charge in [0.25, 0.3) is 0 Å². The van der Waals surface area contributed by atoms with Crippen LogP contribution in [0, 0.1) is 5.92 Å². The van der Waals surface area contributed by atoms with Gasteiger partial charge in [-0.25, -0.2) is 0 Å². The van der Waals surface area contributed by atoms with Gasteiger partial charge in [-0.3, -0.25) is 9.69 Å². The Morgan fingerprint density at radius 2 is 2.10 bits per heavy atom. The molecule has 4 nitrogen and oxygen atoms in total. The van der Waals surface area contributed by atoms with Gasteiger partial charge in [0.15, 0.2) is 0 Å². The molecule has 0 bridgehead atoms. The van der Waals surface area contributed by atoms with Crippen molar-refractivity contribution in [2.45, 2.75) is 32.4 Å². The lowest BCUT2D eigenvalue weighted by atomic mass is 10.0. The van der Waals surface area contributed by atoms with Crippen LogP contribution >= 0.6 is 15.9 Å². The second-order valence-electron chi connectivity index (χ2n) is 5.87. The van der Waals surface area contributed by atoms with Gasteiger partial charge in [-0.1, -0.05) is 28.1 Å². The second-order valence-corrected chi connectivity index (χ2v) is 6.78. The van der Waals surface area contributed by atoms with Crippen molar-refractivity contribution >= 4 is 21.8 Å². The van der Waals surface area contributed by atoms with Crippen LogP contribution in [-0.2, 0) is 4.79 Å². The first-order chi connectivity index (χ1) is 9.95. The molecule has 1 fully saturated rings. The predicted molar refractivity (Wildman–Crippen MR) is 86.9 cm³/mol. The topological polar surface area (TPSA) is 52.6 Å². The molecule has 21 heavy (non-hydrogen) atoms. The maximum Gasteiger partial charge on any atom is 0.234 e. The minimum Gasteiger partial charge on any atom is -0.393 e. The average molecular weight is 355 g/mol. The van der Waals surface area contributed by atoms with Crippen LogP contribution in [0.3, 0.4) is 0 Å². The molecule has 2 N–H and O–H groups in total. The van der Waals surface area contributed by atoms with Crippen LogP contribution in [0.5, 0.6) is 0 Å². The van der Waals surface area contributed by atoms with Gasteiger partial charge >= 0.3 is 0 Å². The lowest BCUT2D eigenvalue weighted by Crippen LogP contribution is -2.37. The van der Waals surface area contributed by atoms with Crippen LogP contribution in [0.15, 0.2) is 28.7 Å². The summed E-state index contributed by atoms with van der Waals surface area (Å²) in [5.41, 5.74) is 1.09. The van der Waals surface area contributed by atoms with Crippen LogP contribution in [0.1, 0.15) is 31.9 Å². The van der Waals surface area contributed by atoms with Crippen molar-refractivity contribution in [2.75, 3.05) is 19.6 Å². The van der Waals surface area contributed by atoms with E-state index >= 15 is 0 Å². The highest BCUT2D eigenvalue weighted by Crippen LogP contribution is 2.20. The minimum absolute atomic E-state index is 0.000709. The molecule has 1 saturated heterocycles. The van der Waals surface area contributed by atoms with Crippen molar-refractivity contribution in [3.63, 3.8) is 0 Å². The Balaban J connectivity index is 1.80. The van der Waals surface area contributed by atoms with Crippen molar-refractivity contribution < 1.29 is 9.90 Å². The molecule has 3 unspecified atom stereocenters. The number of benzene rings is 1. The van der Waals surface area contributed by atoms with Crippen LogP contribution in [-0.4, -0.2) is 41.7 Å². The third-order valence-electron chi connectivity index (χ3n) is 4.11. The Kier molecular flexibility index (Phi) is 5.79. The molecular weight excluding hydrogens is 332 g/mol. The third-order valence-corrected chi connectivity index (χ3v) is 4.63. The van der Waals surface area contributed by atoms with Crippen LogP contribution in [0.4, 0.5) is 0 Å². The van der Waals surface area contributed by atoms with E-state index < -0.39 is 0 Å². The number of halogens is 1. The minimum atomic E-state index is -0.292. The van der Waals surface area contributed by atoms with E-state index in [1.165, 1.54) is 0 Å². The molecule has 0 aliphatic carbocycles. The Bertz CT molecular complexity index is 476. The van der Waals surface area contributed by atoms with Gasteiger partial charge in [0.05, 0.1) is 18.7 Å². The molecule has 116 valence electrons. The van der Waals surface area contributed by atoms with E-state index in [0.29, 0.717) is 12.5 Å². The molecule has 1 aliphatic heterocycles. The summed E-state index contributed by atoms with van der Waals surface area (Å²) in [6, 6.07) is 7.97.